The summed E-state index contributed by atoms with van der Waals surface area (Å²) in [6.07, 6.45) is 8.44. The summed E-state index contributed by atoms with van der Waals surface area (Å²) in [5.41, 5.74) is 2.98. The van der Waals surface area contributed by atoms with Crippen LogP contribution in [-0.2, 0) is 13.0 Å². The minimum absolute atomic E-state index is 0.156. The van der Waals surface area contributed by atoms with E-state index in [1.54, 1.807) is 18.6 Å². The third kappa shape index (κ3) is 2.93. The molecule has 0 radical (unpaired) electrons. The summed E-state index contributed by atoms with van der Waals surface area (Å²) < 4.78 is 2.10. The first-order valence-corrected chi connectivity index (χ1v) is 9.45. The highest BCUT2D eigenvalue weighted by molar-refractivity contribution is 6.12. The van der Waals surface area contributed by atoms with Gasteiger partial charge in [0, 0.05) is 36.3 Å². The van der Waals surface area contributed by atoms with Gasteiger partial charge in [-0.2, -0.15) is 0 Å². The first kappa shape index (κ1) is 16.6. The molecule has 0 fully saturated rings. The summed E-state index contributed by atoms with van der Waals surface area (Å²) in [5.74, 6) is 1.64. The second-order valence-corrected chi connectivity index (χ2v) is 6.94. The summed E-state index contributed by atoms with van der Waals surface area (Å²) in [4.78, 5) is 26.5. The molecule has 3 aromatic heterocycles. The molecule has 4 aromatic rings. The summed E-state index contributed by atoms with van der Waals surface area (Å²) in [7, 11) is 0. The van der Waals surface area contributed by atoms with E-state index in [4.69, 9.17) is 4.98 Å². The molecule has 0 unspecified atom stereocenters. The minimum Gasteiger partial charge on any atom is -0.315 e. The first-order chi connectivity index (χ1) is 13.8. The Morgan fingerprint density at radius 3 is 2.89 bits per heavy atom. The van der Waals surface area contributed by atoms with Crippen molar-refractivity contribution >= 4 is 22.6 Å². The average Bonchev–Trinajstić information content (AvgIpc) is 3.16. The van der Waals surface area contributed by atoms with Gasteiger partial charge in [0.15, 0.2) is 0 Å². The number of anilines is 1. The van der Waals surface area contributed by atoms with Gasteiger partial charge in [-0.3, -0.25) is 9.78 Å². The van der Waals surface area contributed by atoms with Crippen molar-refractivity contribution < 1.29 is 4.79 Å². The van der Waals surface area contributed by atoms with Crippen molar-refractivity contribution in [2.24, 2.45) is 0 Å². The Balaban J connectivity index is 1.57. The van der Waals surface area contributed by atoms with E-state index in [0.29, 0.717) is 5.56 Å². The van der Waals surface area contributed by atoms with Gasteiger partial charge in [-0.25, -0.2) is 9.97 Å². The van der Waals surface area contributed by atoms with Gasteiger partial charge in [0.05, 0.1) is 23.0 Å². The largest absolute Gasteiger partial charge is 0.315 e. The van der Waals surface area contributed by atoms with Crippen LogP contribution >= 0.6 is 0 Å². The number of hydrogen-bond donors (Lipinski definition) is 1. The smallest absolute Gasteiger partial charge is 0.257 e. The van der Waals surface area contributed by atoms with Crippen LogP contribution in [0.3, 0.4) is 0 Å². The van der Waals surface area contributed by atoms with Crippen LogP contribution in [0.1, 0.15) is 29.0 Å². The average molecular weight is 369 g/mol. The lowest BCUT2D eigenvalue weighted by Gasteiger charge is -2.17. The quantitative estimate of drug-likeness (QED) is 0.590. The van der Waals surface area contributed by atoms with Crippen molar-refractivity contribution in [2.75, 3.05) is 5.32 Å². The molecule has 0 saturated carbocycles. The number of imidazole rings is 1. The van der Waals surface area contributed by atoms with Crippen LogP contribution in [0.4, 0.5) is 5.82 Å². The summed E-state index contributed by atoms with van der Waals surface area (Å²) in [6, 6.07) is 13.3. The zero-order valence-electron chi connectivity index (χ0n) is 15.3. The molecular formula is C22H19N5O. The number of fused-ring (bicyclic) bond motifs is 2. The third-order valence-electron chi connectivity index (χ3n) is 5.13. The monoisotopic (exact) mass is 369 g/mol. The maximum absolute atomic E-state index is 13.2. The molecule has 1 N–H and O–H groups in total. The van der Waals surface area contributed by atoms with E-state index in [1.807, 2.05) is 42.5 Å². The summed E-state index contributed by atoms with van der Waals surface area (Å²) in [5, 5.41) is 3.88. The minimum atomic E-state index is -0.156. The van der Waals surface area contributed by atoms with E-state index in [1.165, 1.54) is 0 Å². The van der Waals surface area contributed by atoms with Crippen LogP contribution in [0, 0.1) is 0 Å². The van der Waals surface area contributed by atoms with Crippen LogP contribution in [0.2, 0.25) is 0 Å². The highest BCUT2D eigenvalue weighted by Gasteiger charge is 2.18. The predicted molar refractivity (Wildman–Crippen MR) is 108 cm³/mol. The van der Waals surface area contributed by atoms with Crippen molar-refractivity contribution in [1.29, 1.82) is 0 Å². The van der Waals surface area contributed by atoms with Crippen molar-refractivity contribution in [2.45, 2.75) is 25.8 Å². The standard InChI is InChI=1S/C22H19N5O/c28-22(26-21-14-24-20-9-3-4-11-27(20)21)17-12-19(15-6-5-10-23-13-15)25-18-8-2-1-7-16(17)18/h1-2,5-8,10,12-14H,3-4,9,11H2,(H,26,28). The Morgan fingerprint density at radius 2 is 2.00 bits per heavy atom. The molecule has 6 nitrogen and oxygen atoms in total. The van der Waals surface area contributed by atoms with Crippen LogP contribution < -0.4 is 5.32 Å². The van der Waals surface area contributed by atoms with Gasteiger partial charge < -0.3 is 9.88 Å². The molecule has 5 rings (SSSR count). The Morgan fingerprint density at radius 1 is 1.07 bits per heavy atom. The molecule has 0 aliphatic carbocycles. The normalized spacial score (nSPS) is 13.3. The zero-order valence-corrected chi connectivity index (χ0v) is 15.3. The fourth-order valence-corrected chi connectivity index (χ4v) is 3.72. The maximum Gasteiger partial charge on any atom is 0.257 e. The Kier molecular flexibility index (Phi) is 4.09. The number of para-hydroxylation sites is 1. The molecule has 1 amide bonds. The highest BCUT2D eigenvalue weighted by atomic mass is 16.1. The van der Waals surface area contributed by atoms with Crippen molar-refractivity contribution in [3.8, 4) is 11.3 Å². The van der Waals surface area contributed by atoms with Gasteiger partial charge in [0.2, 0.25) is 0 Å². The number of aryl methyl sites for hydroxylation is 1. The van der Waals surface area contributed by atoms with Crippen LogP contribution in [0.5, 0.6) is 0 Å². The molecule has 0 spiro atoms. The van der Waals surface area contributed by atoms with Gasteiger partial charge in [0.1, 0.15) is 11.6 Å². The van der Waals surface area contributed by atoms with Crippen LogP contribution in [0.25, 0.3) is 22.2 Å². The number of hydrogen-bond acceptors (Lipinski definition) is 4. The van der Waals surface area contributed by atoms with E-state index in [9.17, 15) is 4.79 Å². The zero-order chi connectivity index (χ0) is 18.9. The topological polar surface area (TPSA) is 72.7 Å². The second-order valence-electron chi connectivity index (χ2n) is 6.94. The molecule has 4 heterocycles. The number of rotatable bonds is 3. The molecule has 138 valence electrons. The number of carbonyl (C=O) groups excluding carboxylic acids is 1. The van der Waals surface area contributed by atoms with Crippen molar-refractivity contribution in [3.05, 3.63) is 72.4 Å². The van der Waals surface area contributed by atoms with Gasteiger partial charge in [-0.1, -0.05) is 18.2 Å². The molecule has 0 atom stereocenters. The first-order valence-electron chi connectivity index (χ1n) is 9.45. The number of aromatic nitrogens is 4. The van der Waals surface area contributed by atoms with Gasteiger partial charge in [0.25, 0.3) is 5.91 Å². The highest BCUT2D eigenvalue weighted by Crippen LogP contribution is 2.26. The van der Waals surface area contributed by atoms with Gasteiger partial charge in [-0.15, -0.1) is 0 Å². The molecule has 1 aliphatic rings. The Hall–Kier alpha value is -3.54. The van der Waals surface area contributed by atoms with E-state index >= 15 is 0 Å². The molecule has 1 aliphatic heterocycles. The SMILES string of the molecule is O=C(Nc1cnc2n1CCCC2)c1cc(-c2cccnc2)nc2ccccc12. The number of nitrogens with zero attached hydrogens (tertiary/aromatic N) is 4. The number of amides is 1. The molecule has 0 bridgehead atoms. The van der Waals surface area contributed by atoms with Crippen molar-refractivity contribution in [3.63, 3.8) is 0 Å². The summed E-state index contributed by atoms with van der Waals surface area (Å²) >= 11 is 0. The molecule has 0 saturated heterocycles. The number of pyridine rings is 2. The van der Waals surface area contributed by atoms with E-state index in [0.717, 1.165) is 59.6 Å². The molecular weight excluding hydrogens is 350 g/mol. The summed E-state index contributed by atoms with van der Waals surface area (Å²) in [6.45, 7) is 0.892. The fraction of sp³-hybridized carbons (Fsp3) is 0.182. The van der Waals surface area contributed by atoms with Gasteiger partial charge >= 0.3 is 0 Å². The van der Waals surface area contributed by atoms with E-state index in [2.05, 4.69) is 19.9 Å². The predicted octanol–water partition coefficient (Wildman–Crippen LogP) is 4.08. The molecule has 6 heteroatoms. The lowest BCUT2D eigenvalue weighted by atomic mass is 10.0. The van der Waals surface area contributed by atoms with Crippen LogP contribution in [0.15, 0.2) is 61.1 Å². The Labute approximate surface area is 162 Å². The molecule has 28 heavy (non-hydrogen) atoms. The van der Waals surface area contributed by atoms with E-state index in [-0.39, 0.29) is 5.91 Å². The van der Waals surface area contributed by atoms with Crippen LogP contribution in [-0.4, -0.2) is 25.4 Å². The Bertz CT molecular complexity index is 1170. The lowest BCUT2D eigenvalue weighted by Crippen LogP contribution is -2.18. The van der Waals surface area contributed by atoms with Crippen molar-refractivity contribution in [1.82, 2.24) is 19.5 Å². The van der Waals surface area contributed by atoms with Gasteiger partial charge in [-0.05, 0) is 37.1 Å². The number of benzene rings is 1. The fourth-order valence-electron chi connectivity index (χ4n) is 3.72. The lowest BCUT2D eigenvalue weighted by molar-refractivity contribution is 0.102. The number of nitrogens with one attached hydrogen (secondary N) is 1. The molecule has 1 aromatic carbocycles. The second kappa shape index (κ2) is 6.88. The third-order valence-corrected chi connectivity index (χ3v) is 5.13. The van der Waals surface area contributed by atoms with E-state index < -0.39 is 0 Å². The maximum atomic E-state index is 13.2. The number of carbonyl (C=O) groups is 1.